The molecule has 0 amide bonds. The third-order valence-corrected chi connectivity index (χ3v) is 4.32. The zero-order valence-corrected chi connectivity index (χ0v) is 15.0. The third kappa shape index (κ3) is 5.22. The van der Waals surface area contributed by atoms with E-state index >= 15 is 0 Å². The lowest BCUT2D eigenvalue weighted by Gasteiger charge is -2.22. The van der Waals surface area contributed by atoms with Crippen molar-refractivity contribution in [3.63, 3.8) is 0 Å². The number of hydrogen-bond acceptors (Lipinski definition) is 6. The highest BCUT2D eigenvalue weighted by atomic mass is 32.2. The van der Waals surface area contributed by atoms with Gasteiger partial charge in [-0.1, -0.05) is 13.0 Å². The fraction of sp³-hybridized carbons (Fsp3) is 0.278. The summed E-state index contributed by atoms with van der Waals surface area (Å²) in [6, 6.07) is 10.2. The molecule has 0 aliphatic heterocycles. The van der Waals surface area contributed by atoms with Crippen LogP contribution in [0.5, 0.6) is 0 Å². The molecule has 0 fully saturated rings. The van der Waals surface area contributed by atoms with E-state index < -0.39 is 11.9 Å². The van der Waals surface area contributed by atoms with Crippen molar-refractivity contribution in [2.45, 2.75) is 25.2 Å². The second kappa shape index (κ2) is 9.08. The van der Waals surface area contributed by atoms with Gasteiger partial charge in [0, 0.05) is 11.4 Å². The van der Waals surface area contributed by atoms with E-state index in [1.807, 2.05) is 16.4 Å². The molecule has 0 aliphatic rings. The van der Waals surface area contributed by atoms with Gasteiger partial charge in [-0.3, -0.25) is 0 Å². The topological polar surface area (TPSA) is 79.7 Å². The number of benzene rings is 1. The molecule has 7 heteroatoms. The van der Waals surface area contributed by atoms with Crippen molar-refractivity contribution in [3.8, 4) is 0 Å². The van der Waals surface area contributed by atoms with Crippen molar-refractivity contribution < 1.29 is 19.4 Å². The summed E-state index contributed by atoms with van der Waals surface area (Å²) in [7, 11) is 0. The van der Waals surface area contributed by atoms with Crippen LogP contribution in [0, 0.1) is 0 Å². The number of rotatable bonds is 8. The summed E-state index contributed by atoms with van der Waals surface area (Å²) in [5.41, 5.74) is 1.35. The maximum absolute atomic E-state index is 11.7. The second-order valence-electron chi connectivity index (χ2n) is 5.15. The summed E-state index contributed by atoms with van der Waals surface area (Å²) < 4.78 is 6.95. The van der Waals surface area contributed by atoms with Gasteiger partial charge in [0.1, 0.15) is 5.69 Å². The van der Waals surface area contributed by atoms with Gasteiger partial charge in [-0.2, -0.15) is 0 Å². The van der Waals surface area contributed by atoms with Crippen LogP contribution in [0.2, 0.25) is 0 Å². The van der Waals surface area contributed by atoms with E-state index in [0.29, 0.717) is 6.61 Å². The lowest BCUT2D eigenvalue weighted by atomic mass is 10.2. The van der Waals surface area contributed by atoms with Crippen molar-refractivity contribution in [2.75, 3.05) is 17.5 Å². The van der Waals surface area contributed by atoms with Gasteiger partial charge in [0.05, 0.1) is 24.1 Å². The summed E-state index contributed by atoms with van der Waals surface area (Å²) >= 11 is 1.44. The van der Waals surface area contributed by atoms with Crippen LogP contribution in [0.25, 0.3) is 0 Å². The Morgan fingerprint density at radius 1 is 1.24 bits per heavy atom. The molecular weight excluding hydrogens is 340 g/mol. The average Bonchev–Trinajstić information content (AvgIpc) is 2.62. The van der Waals surface area contributed by atoms with E-state index in [9.17, 15) is 9.59 Å². The summed E-state index contributed by atoms with van der Waals surface area (Å²) in [6.45, 7) is 4.86. The summed E-state index contributed by atoms with van der Waals surface area (Å²) in [4.78, 5) is 27.8. The van der Waals surface area contributed by atoms with Crippen molar-refractivity contribution in [1.29, 1.82) is 0 Å². The number of carbonyl (C=O) groups is 2. The number of carbonyl (C=O) groups excluding carboxylic acids is 1. The number of hydrogen-bond donors (Lipinski definition) is 1. The number of carboxylic acids is 1. The molecule has 132 valence electrons. The Morgan fingerprint density at radius 2 is 2.04 bits per heavy atom. The second-order valence-corrected chi connectivity index (χ2v) is 6.24. The Morgan fingerprint density at radius 3 is 2.64 bits per heavy atom. The fourth-order valence-electron chi connectivity index (χ4n) is 2.10. The van der Waals surface area contributed by atoms with Crippen LogP contribution < -0.4 is 4.31 Å². The molecule has 0 saturated heterocycles. The monoisotopic (exact) mass is 360 g/mol. The number of anilines is 1. The Kier molecular flexibility index (Phi) is 6.82. The average molecular weight is 360 g/mol. The number of ether oxygens (including phenoxy) is 1. The highest BCUT2D eigenvalue weighted by Gasteiger charge is 2.13. The van der Waals surface area contributed by atoms with E-state index in [1.54, 1.807) is 37.4 Å². The van der Waals surface area contributed by atoms with Gasteiger partial charge in [0.15, 0.2) is 0 Å². The molecule has 0 saturated carbocycles. The predicted molar refractivity (Wildman–Crippen MR) is 97.1 cm³/mol. The van der Waals surface area contributed by atoms with Crippen LogP contribution in [-0.4, -0.2) is 35.2 Å². The maximum atomic E-state index is 11.7. The van der Waals surface area contributed by atoms with Gasteiger partial charge in [0.2, 0.25) is 0 Å². The first kappa shape index (κ1) is 18.8. The number of nitrogens with zero attached hydrogens (tertiary/aromatic N) is 2. The lowest BCUT2D eigenvalue weighted by Crippen LogP contribution is -2.16. The number of esters is 1. The van der Waals surface area contributed by atoms with E-state index in [4.69, 9.17) is 9.84 Å². The van der Waals surface area contributed by atoms with Gasteiger partial charge in [-0.15, -0.1) is 0 Å². The van der Waals surface area contributed by atoms with Crippen molar-refractivity contribution in [3.05, 3.63) is 53.9 Å². The predicted octanol–water partition coefficient (Wildman–Crippen LogP) is 3.88. The Balaban J connectivity index is 2.18. The molecule has 0 atom stereocenters. The molecule has 2 aromatic rings. The zero-order valence-electron chi connectivity index (χ0n) is 14.1. The summed E-state index contributed by atoms with van der Waals surface area (Å²) in [5, 5.41) is 9.11. The first-order valence-corrected chi connectivity index (χ1v) is 8.74. The molecule has 1 aromatic heterocycles. The van der Waals surface area contributed by atoms with Crippen molar-refractivity contribution >= 4 is 29.6 Å². The largest absolute Gasteiger partial charge is 0.478 e. The van der Waals surface area contributed by atoms with Crippen LogP contribution in [0.3, 0.4) is 0 Å². The van der Waals surface area contributed by atoms with Crippen LogP contribution >= 0.6 is 11.9 Å². The van der Waals surface area contributed by atoms with Gasteiger partial charge in [0.25, 0.3) is 0 Å². The molecule has 0 unspecified atom stereocenters. The van der Waals surface area contributed by atoms with E-state index in [1.165, 1.54) is 11.9 Å². The number of carboxylic acid groups (broad SMARTS) is 1. The molecule has 1 aromatic carbocycles. The first-order valence-electron chi connectivity index (χ1n) is 7.97. The van der Waals surface area contributed by atoms with Crippen molar-refractivity contribution in [2.24, 2.45) is 0 Å². The summed E-state index contributed by atoms with van der Waals surface area (Å²) in [5.74, 6) is -1.40. The van der Waals surface area contributed by atoms with Gasteiger partial charge >= 0.3 is 11.9 Å². The molecule has 1 N–H and O–H groups in total. The minimum absolute atomic E-state index is 0.247. The molecule has 1 heterocycles. The fourth-order valence-corrected chi connectivity index (χ4v) is 3.16. The molecule has 0 aliphatic carbocycles. The molecule has 0 spiro atoms. The van der Waals surface area contributed by atoms with Crippen LogP contribution in [0.1, 0.15) is 41.1 Å². The van der Waals surface area contributed by atoms with E-state index in [2.05, 4.69) is 11.9 Å². The summed E-state index contributed by atoms with van der Waals surface area (Å²) in [6.07, 6.45) is 2.53. The van der Waals surface area contributed by atoms with Gasteiger partial charge in [-0.05, 0) is 55.6 Å². The smallest absolute Gasteiger partial charge is 0.356 e. The Hall–Kier alpha value is -2.54. The molecule has 2 rings (SSSR count). The number of aromatic nitrogens is 1. The quantitative estimate of drug-likeness (QED) is 0.565. The Labute approximate surface area is 151 Å². The lowest BCUT2D eigenvalue weighted by molar-refractivity contribution is 0.0519. The third-order valence-electron chi connectivity index (χ3n) is 3.24. The SMILES string of the molecule is CCCN(Sc1cccc(C(=O)O)c1)c1ccc(C(=O)OCC)nc1. The maximum Gasteiger partial charge on any atom is 0.356 e. The molecule has 0 bridgehead atoms. The number of pyridine rings is 1. The Bertz CT molecular complexity index is 734. The first-order chi connectivity index (χ1) is 12.0. The highest BCUT2D eigenvalue weighted by Crippen LogP contribution is 2.29. The van der Waals surface area contributed by atoms with E-state index in [-0.39, 0.29) is 11.3 Å². The highest BCUT2D eigenvalue weighted by molar-refractivity contribution is 8.00. The standard InChI is InChI=1S/C18H20N2O4S/c1-3-10-20(25-15-7-5-6-13(11-15)17(21)22)14-8-9-16(19-12-14)18(23)24-4-2/h5-9,11-12H,3-4,10H2,1-2H3,(H,21,22). The molecular formula is C18H20N2O4S. The molecule has 0 radical (unpaired) electrons. The minimum Gasteiger partial charge on any atom is -0.478 e. The van der Waals surface area contributed by atoms with Crippen molar-refractivity contribution in [1.82, 2.24) is 4.98 Å². The van der Waals surface area contributed by atoms with Gasteiger partial charge in [-0.25, -0.2) is 14.6 Å². The zero-order chi connectivity index (χ0) is 18.2. The molecule has 6 nitrogen and oxygen atoms in total. The normalized spacial score (nSPS) is 10.3. The minimum atomic E-state index is -0.954. The molecule has 25 heavy (non-hydrogen) atoms. The van der Waals surface area contributed by atoms with Crippen LogP contribution in [0.4, 0.5) is 5.69 Å². The van der Waals surface area contributed by atoms with Crippen LogP contribution in [0.15, 0.2) is 47.5 Å². The van der Waals surface area contributed by atoms with Crippen LogP contribution in [-0.2, 0) is 4.74 Å². The van der Waals surface area contributed by atoms with E-state index in [0.717, 1.165) is 23.5 Å². The number of aromatic carboxylic acids is 1. The van der Waals surface area contributed by atoms with Gasteiger partial charge < -0.3 is 14.1 Å².